The second kappa shape index (κ2) is 11.3. The molecule has 29 heavy (non-hydrogen) atoms. The fourth-order valence-corrected chi connectivity index (χ4v) is 4.63. The van der Waals surface area contributed by atoms with Crippen LogP contribution in [0.2, 0.25) is 0 Å². The molecule has 0 saturated heterocycles. The molecule has 0 saturated carbocycles. The predicted molar refractivity (Wildman–Crippen MR) is 138 cm³/mol. The van der Waals surface area contributed by atoms with Crippen LogP contribution in [0.15, 0.2) is 24.3 Å². The molecule has 3 nitrogen and oxygen atoms in total. The summed E-state index contributed by atoms with van der Waals surface area (Å²) in [6, 6.07) is 8.79. The van der Waals surface area contributed by atoms with Crippen molar-refractivity contribution >= 4 is 46.3 Å². The van der Waals surface area contributed by atoms with Crippen molar-refractivity contribution < 1.29 is 0 Å². The molecule has 1 aromatic heterocycles. The molecule has 0 fully saturated rings. The van der Waals surface area contributed by atoms with Gasteiger partial charge in [-0.3, -0.25) is 5.14 Å². The summed E-state index contributed by atoms with van der Waals surface area (Å²) in [5.41, 5.74) is 10.8. The molecule has 6 heteroatoms. The number of hydrogen-bond donors (Lipinski definition) is 3. The number of nitrogens with one attached hydrogen (secondary N) is 1. The van der Waals surface area contributed by atoms with Gasteiger partial charge in [0.25, 0.3) is 0 Å². The molecule has 1 heterocycles. The van der Waals surface area contributed by atoms with Crippen LogP contribution in [0.5, 0.6) is 0 Å². The van der Waals surface area contributed by atoms with E-state index in [1.807, 2.05) is 11.3 Å². The first-order chi connectivity index (χ1) is 13.4. The summed E-state index contributed by atoms with van der Waals surface area (Å²) in [6.07, 6.45) is 0. The Morgan fingerprint density at radius 2 is 1.62 bits per heavy atom. The van der Waals surface area contributed by atoms with Gasteiger partial charge >= 0.3 is 0 Å². The number of anilines is 1. The topological polar surface area (TPSA) is 64.1 Å². The zero-order valence-electron chi connectivity index (χ0n) is 19.1. The van der Waals surface area contributed by atoms with Crippen LogP contribution in [0.3, 0.4) is 0 Å². The second-order valence-corrected chi connectivity index (χ2v) is 11.2. The van der Waals surface area contributed by atoms with Gasteiger partial charge in [0.1, 0.15) is 0 Å². The van der Waals surface area contributed by atoms with E-state index in [1.54, 1.807) is 0 Å². The van der Waals surface area contributed by atoms with Crippen LogP contribution in [0.25, 0.3) is 0 Å². The molecule has 2 aromatic rings. The van der Waals surface area contributed by atoms with Crippen molar-refractivity contribution in [2.24, 2.45) is 10.9 Å². The van der Waals surface area contributed by atoms with E-state index in [4.69, 9.17) is 23.1 Å². The molecule has 0 aliphatic carbocycles. The fourth-order valence-electron chi connectivity index (χ4n) is 2.96. The highest BCUT2D eigenvalue weighted by molar-refractivity contribution is 7.96. The van der Waals surface area contributed by atoms with Crippen molar-refractivity contribution in [1.29, 1.82) is 0 Å². The van der Waals surface area contributed by atoms with Crippen LogP contribution in [0.1, 0.15) is 86.7 Å². The summed E-state index contributed by atoms with van der Waals surface area (Å²) >= 11 is 8.22. The quantitative estimate of drug-likeness (QED) is 0.336. The van der Waals surface area contributed by atoms with Crippen molar-refractivity contribution in [2.75, 3.05) is 5.32 Å². The number of nitrogens with two attached hydrogens (primary N) is 2. The van der Waals surface area contributed by atoms with Gasteiger partial charge in [-0.2, -0.15) is 0 Å². The Morgan fingerprint density at radius 1 is 1.10 bits per heavy atom. The lowest BCUT2D eigenvalue weighted by Crippen LogP contribution is -2.21. The zero-order chi connectivity index (χ0) is 22.4. The van der Waals surface area contributed by atoms with Gasteiger partial charge in [-0.1, -0.05) is 78.1 Å². The SMILES string of the molecule is CC(C)(C)c1ccc(CSN)s1.Cc1cc(C(C)C)c(NC(N)=S)c(C(C)C)c1. The third kappa shape index (κ3) is 8.28. The Hall–Kier alpha value is -1.08. The number of thiophene rings is 1. The molecule has 162 valence electrons. The average molecular weight is 452 g/mol. The largest absolute Gasteiger partial charge is 0.376 e. The first-order valence-corrected chi connectivity index (χ1v) is 12.3. The van der Waals surface area contributed by atoms with E-state index in [1.165, 1.54) is 38.4 Å². The minimum atomic E-state index is 0.280. The van der Waals surface area contributed by atoms with Crippen molar-refractivity contribution in [3.05, 3.63) is 50.7 Å². The second-order valence-electron chi connectivity index (χ2n) is 8.94. The summed E-state index contributed by atoms with van der Waals surface area (Å²) in [7, 11) is 0. The van der Waals surface area contributed by atoms with Crippen LogP contribution in [-0.4, -0.2) is 5.11 Å². The van der Waals surface area contributed by atoms with Gasteiger partial charge in [0.15, 0.2) is 5.11 Å². The van der Waals surface area contributed by atoms with Gasteiger partial charge < -0.3 is 11.1 Å². The molecule has 0 aliphatic heterocycles. The number of thiocarbonyl (C=S) groups is 1. The first kappa shape index (κ1) is 26.0. The maximum atomic E-state index is 5.62. The van der Waals surface area contributed by atoms with Crippen molar-refractivity contribution in [2.45, 2.75) is 78.4 Å². The Balaban J connectivity index is 0.000000308. The Labute approximate surface area is 191 Å². The first-order valence-electron chi connectivity index (χ1n) is 9.98. The van der Waals surface area contributed by atoms with E-state index in [0.29, 0.717) is 16.9 Å². The molecule has 0 amide bonds. The maximum absolute atomic E-state index is 5.62. The van der Waals surface area contributed by atoms with E-state index in [-0.39, 0.29) is 5.41 Å². The van der Waals surface area contributed by atoms with Crippen LogP contribution in [-0.2, 0) is 11.2 Å². The van der Waals surface area contributed by atoms with Crippen LogP contribution < -0.4 is 16.2 Å². The summed E-state index contributed by atoms with van der Waals surface area (Å²) < 4.78 is 0. The zero-order valence-corrected chi connectivity index (χ0v) is 21.5. The van der Waals surface area contributed by atoms with Crippen molar-refractivity contribution in [1.82, 2.24) is 0 Å². The molecule has 0 unspecified atom stereocenters. The average Bonchev–Trinajstić information content (AvgIpc) is 3.05. The third-order valence-electron chi connectivity index (χ3n) is 4.46. The normalized spacial score (nSPS) is 11.4. The molecule has 5 N–H and O–H groups in total. The molecule has 1 aromatic carbocycles. The third-order valence-corrected chi connectivity index (χ3v) is 6.74. The smallest absolute Gasteiger partial charge is 0.168 e. The van der Waals surface area contributed by atoms with E-state index in [2.05, 4.69) is 85.0 Å². The van der Waals surface area contributed by atoms with Crippen molar-refractivity contribution in [3.63, 3.8) is 0 Å². The van der Waals surface area contributed by atoms with E-state index in [9.17, 15) is 0 Å². The van der Waals surface area contributed by atoms with Gasteiger partial charge in [-0.15, -0.1) is 11.3 Å². The highest BCUT2D eigenvalue weighted by Crippen LogP contribution is 2.33. The number of hydrogen-bond acceptors (Lipinski definition) is 4. The summed E-state index contributed by atoms with van der Waals surface area (Å²) in [5.74, 6) is 1.83. The van der Waals surface area contributed by atoms with Crippen molar-refractivity contribution in [3.8, 4) is 0 Å². The Bertz CT molecular complexity index is 773. The van der Waals surface area contributed by atoms with Gasteiger partial charge in [-0.05, 0) is 59.7 Å². The summed E-state index contributed by atoms with van der Waals surface area (Å²) in [6.45, 7) is 17.6. The highest BCUT2D eigenvalue weighted by Gasteiger charge is 2.16. The monoisotopic (exact) mass is 451 g/mol. The summed E-state index contributed by atoms with van der Waals surface area (Å²) in [5, 5.41) is 8.87. The minimum Gasteiger partial charge on any atom is -0.376 e. The molecule has 0 bridgehead atoms. The molecule has 0 atom stereocenters. The fraction of sp³-hybridized carbons (Fsp3) is 0.522. The number of rotatable bonds is 5. The van der Waals surface area contributed by atoms with E-state index in [0.717, 1.165) is 11.4 Å². The number of benzene rings is 1. The summed E-state index contributed by atoms with van der Waals surface area (Å²) in [4.78, 5) is 2.80. The Morgan fingerprint density at radius 3 is 1.97 bits per heavy atom. The molecule has 0 spiro atoms. The van der Waals surface area contributed by atoms with Gasteiger partial charge in [-0.25, -0.2) is 0 Å². The van der Waals surface area contributed by atoms with Crippen LogP contribution in [0, 0.1) is 6.92 Å². The lowest BCUT2D eigenvalue weighted by molar-refractivity contribution is 0.604. The van der Waals surface area contributed by atoms with E-state index >= 15 is 0 Å². The maximum Gasteiger partial charge on any atom is 0.168 e. The molecular formula is C23H37N3S3. The molecule has 0 radical (unpaired) electrons. The van der Waals surface area contributed by atoms with E-state index < -0.39 is 0 Å². The van der Waals surface area contributed by atoms with Gasteiger partial charge in [0.2, 0.25) is 0 Å². The van der Waals surface area contributed by atoms with Gasteiger partial charge in [0.05, 0.1) is 0 Å². The molecule has 2 rings (SSSR count). The van der Waals surface area contributed by atoms with Crippen LogP contribution >= 0.6 is 35.5 Å². The van der Waals surface area contributed by atoms with Gasteiger partial charge in [0, 0.05) is 21.2 Å². The minimum absolute atomic E-state index is 0.280. The molecule has 0 aliphatic rings. The molecular weight excluding hydrogens is 414 g/mol. The highest BCUT2D eigenvalue weighted by atomic mass is 32.2. The Kier molecular flexibility index (Phi) is 10.2. The predicted octanol–water partition coefficient (Wildman–Crippen LogP) is 7.05. The van der Waals surface area contributed by atoms with Crippen LogP contribution in [0.4, 0.5) is 5.69 Å². The number of aryl methyl sites for hydroxylation is 1. The lowest BCUT2D eigenvalue weighted by Gasteiger charge is -2.21. The lowest BCUT2D eigenvalue weighted by atomic mass is 9.90. The standard InChI is InChI=1S/C14H22N2S.C9H15NS2/c1-8(2)11-6-10(5)7-12(9(3)4)13(11)16-14(15)17;1-9(2,3)8-5-4-7(12-8)6-11-10/h6-9H,1-5H3,(H3,15,16,17);4-5H,6,10H2,1-3H3.